The summed E-state index contributed by atoms with van der Waals surface area (Å²) in [5.74, 6) is -0.363. The quantitative estimate of drug-likeness (QED) is 0.795. The predicted molar refractivity (Wildman–Crippen MR) is 97.9 cm³/mol. The van der Waals surface area contributed by atoms with Gasteiger partial charge in [-0.3, -0.25) is 4.79 Å². The van der Waals surface area contributed by atoms with Crippen molar-refractivity contribution < 1.29 is 19.1 Å². The average Bonchev–Trinajstić information content (AvgIpc) is 3.16. The number of methoxy groups -OCH3 is 1. The van der Waals surface area contributed by atoms with Gasteiger partial charge in [-0.1, -0.05) is 11.6 Å². The third kappa shape index (κ3) is 3.96. The van der Waals surface area contributed by atoms with Crippen LogP contribution in [0.3, 0.4) is 0 Å². The highest BCUT2D eigenvalue weighted by Gasteiger charge is 2.23. The Morgan fingerprint density at radius 3 is 2.76 bits per heavy atom. The molecule has 0 unspecified atom stereocenters. The number of hydrogen-bond donors (Lipinski definition) is 1. The third-order valence-electron chi connectivity index (χ3n) is 4.02. The van der Waals surface area contributed by atoms with Crippen molar-refractivity contribution in [3.63, 3.8) is 0 Å². The number of carbonyl (C=O) groups is 2. The van der Waals surface area contributed by atoms with Crippen LogP contribution in [0.15, 0.2) is 24.3 Å². The summed E-state index contributed by atoms with van der Waals surface area (Å²) in [5.41, 5.74) is 1.73. The molecule has 0 bridgehead atoms. The molecule has 0 radical (unpaired) electrons. The van der Waals surface area contributed by atoms with Crippen molar-refractivity contribution in [3.8, 4) is 5.75 Å². The van der Waals surface area contributed by atoms with E-state index in [1.165, 1.54) is 28.9 Å². The topological polar surface area (TPSA) is 64.6 Å². The zero-order valence-corrected chi connectivity index (χ0v) is 15.5. The van der Waals surface area contributed by atoms with E-state index in [-0.39, 0.29) is 0 Å². The highest BCUT2D eigenvalue weighted by molar-refractivity contribution is 7.14. The Morgan fingerprint density at radius 2 is 2.08 bits per heavy atom. The van der Waals surface area contributed by atoms with Gasteiger partial charge in [0.05, 0.1) is 12.1 Å². The van der Waals surface area contributed by atoms with E-state index in [4.69, 9.17) is 21.1 Å². The van der Waals surface area contributed by atoms with E-state index in [0.29, 0.717) is 21.3 Å². The molecule has 1 amide bonds. The highest BCUT2D eigenvalue weighted by Crippen LogP contribution is 2.31. The summed E-state index contributed by atoms with van der Waals surface area (Å²) < 4.78 is 10.4. The van der Waals surface area contributed by atoms with Gasteiger partial charge in [0.1, 0.15) is 10.6 Å². The molecule has 2 aromatic rings. The van der Waals surface area contributed by atoms with Gasteiger partial charge in [0.2, 0.25) is 0 Å². The van der Waals surface area contributed by atoms with Crippen molar-refractivity contribution in [1.82, 2.24) is 0 Å². The summed E-state index contributed by atoms with van der Waals surface area (Å²) in [7, 11) is 1.52. The first-order valence-corrected chi connectivity index (χ1v) is 9.14. The number of nitrogens with one attached hydrogen (secondary N) is 1. The Morgan fingerprint density at radius 1 is 1.28 bits per heavy atom. The number of anilines is 1. The van der Waals surface area contributed by atoms with E-state index in [1.807, 2.05) is 6.07 Å². The average molecular weight is 380 g/mol. The fourth-order valence-electron chi connectivity index (χ4n) is 2.69. The number of rotatable bonds is 5. The first-order chi connectivity index (χ1) is 12.0. The Hall–Kier alpha value is -2.05. The van der Waals surface area contributed by atoms with Crippen LogP contribution >= 0.6 is 22.9 Å². The molecule has 7 heteroatoms. The Bertz CT molecular complexity index is 796. The minimum Gasteiger partial charge on any atom is -0.495 e. The van der Waals surface area contributed by atoms with Crippen LogP contribution < -0.4 is 10.1 Å². The van der Waals surface area contributed by atoms with Gasteiger partial charge in [0.15, 0.2) is 6.10 Å². The molecule has 1 atom stereocenters. The summed E-state index contributed by atoms with van der Waals surface area (Å²) in [6, 6.07) is 6.78. The van der Waals surface area contributed by atoms with E-state index in [1.54, 1.807) is 25.1 Å². The van der Waals surface area contributed by atoms with Crippen molar-refractivity contribution in [2.75, 3.05) is 12.4 Å². The van der Waals surface area contributed by atoms with Gasteiger partial charge in [-0.15, -0.1) is 11.3 Å². The number of amides is 1. The van der Waals surface area contributed by atoms with Crippen LogP contribution in [-0.4, -0.2) is 25.1 Å². The van der Waals surface area contributed by atoms with Gasteiger partial charge in [0.25, 0.3) is 5.91 Å². The van der Waals surface area contributed by atoms with Gasteiger partial charge < -0.3 is 14.8 Å². The van der Waals surface area contributed by atoms with E-state index in [0.717, 1.165) is 19.3 Å². The Balaban J connectivity index is 1.60. The minimum absolute atomic E-state index is 0.387. The number of carbonyl (C=O) groups excluding carboxylic acids is 2. The predicted octanol–water partition coefficient (Wildman–Crippen LogP) is 4.08. The second-order valence-corrected chi connectivity index (χ2v) is 7.34. The normalized spacial score (nSPS) is 13.9. The van der Waals surface area contributed by atoms with Crippen LogP contribution in [0.1, 0.15) is 33.5 Å². The first-order valence-electron chi connectivity index (χ1n) is 7.95. The van der Waals surface area contributed by atoms with Crippen LogP contribution in [0.4, 0.5) is 5.69 Å². The minimum atomic E-state index is -0.912. The molecule has 0 saturated heterocycles. The monoisotopic (exact) mass is 379 g/mol. The summed E-state index contributed by atoms with van der Waals surface area (Å²) >= 11 is 7.49. The van der Waals surface area contributed by atoms with Crippen molar-refractivity contribution >= 4 is 40.5 Å². The van der Waals surface area contributed by atoms with Crippen LogP contribution in [-0.2, 0) is 22.4 Å². The van der Waals surface area contributed by atoms with E-state index in [9.17, 15) is 9.59 Å². The number of fused-ring (bicyclic) bond motifs is 1. The molecule has 0 fully saturated rings. The molecule has 1 heterocycles. The fourth-order valence-corrected chi connectivity index (χ4v) is 4.08. The molecule has 0 aliphatic heterocycles. The molecule has 1 aromatic carbocycles. The molecule has 3 rings (SSSR count). The summed E-state index contributed by atoms with van der Waals surface area (Å²) in [6.07, 6.45) is 2.25. The van der Waals surface area contributed by atoms with Crippen molar-refractivity contribution in [2.45, 2.75) is 32.3 Å². The molecule has 1 aliphatic rings. The fraction of sp³-hybridized carbons (Fsp3) is 0.333. The zero-order chi connectivity index (χ0) is 18.0. The second kappa shape index (κ2) is 7.45. The van der Waals surface area contributed by atoms with Crippen LogP contribution in [0.2, 0.25) is 5.02 Å². The number of esters is 1. The lowest BCUT2D eigenvalue weighted by Crippen LogP contribution is -2.29. The first kappa shape index (κ1) is 17.8. The largest absolute Gasteiger partial charge is 0.495 e. The van der Waals surface area contributed by atoms with E-state index in [2.05, 4.69) is 5.32 Å². The molecule has 1 N–H and O–H groups in total. The molecule has 5 nitrogen and oxygen atoms in total. The molecule has 132 valence electrons. The highest BCUT2D eigenvalue weighted by atomic mass is 35.5. The van der Waals surface area contributed by atoms with Crippen LogP contribution in [0.25, 0.3) is 0 Å². The second-order valence-electron chi connectivity index (χ2n) is 5.80. The molecular formula is C18H18ClNO4S. The van der Waals surface area contributed by atoms with Gasteiger partial charge in [-0.2, -0.15) is 0 Å². The summed E-state index contributed by atoms with van der Waals surface area (Å²) in [6.45, 7) is 1.54. The zero-order valence-electron chi connectivity index (χ0n) is 13.9. The maximum Gasteiger partial charge on any atom is 0.349 e. The van der Waals surface area contributed by atoms with Gasteiger partial charge in [0, 0.05) is 10.6 Å². The molecule has 1 aromatic heterocycles. The molecule has 0 saturated carbocycles. The summed E-state index contributed by atoms with van der Waals surface area (Å²) in [5, 5.41) is 3.06. The van der Waals surface area contributed by atoms with Gasteiger partial charge >= 0.3 is 5.97 Å². The number of thiophene rings is 1. The van der Waals surface area contributed by atoms with Crippen molar-refractivity contribution in [1.29, 1.82) is 0 Å². The van der Waals surface area contributed by atoms with E-state index >= 15 is 0 Å². The summed E-state index contributed by atoms with van der Waals surface area (Å²) in [4.78, 5) is 26.3. The Kier molecular flexibility index (Phi) is 5.30. The number of aryl methyl sites for hydroxylation is 2. The lowest BCUT2D eigenvalue weighted by Gasteiger charge is -2.13. The molecular weight excluding hydrogens is 362 g/mol. The smallest absolute Gasteiger partial charge is 0.349 e. The van der Waals surface area contributed by atoms with Crippen molar-refractivity contribution in [2.24, 2.45) is 0 Å². The number of benzene rings is 1. The van der Waals surface area contributed by atoms with Gasteiger partial charge in [-0.25, -0.2) is 4.79 Å². The molecule has 1 aliphatic carbocycles. The standard InChI is InChI=1S/C18H18ClNO4S/c1-10(17(21)20-12-6-7-14(23-2)13(19)9-12)24-18(22)16-8-11-4-3-5-15(11)25-16/h6-10H,3-5H2,1-2H3,(H,20,21)/t10-/m0/s1. The molecule has 0 spiro atoms. The maximum absolute atomic E-state index is 12.2. The van der Waals surface area contributed by atoms with Gasteiger partial charge in [-0.05, 0) is 56.0 Å². The van der Waals surface area contributed by atoms with Crippen LogP contribution in [0, 0.1) is 0 Å². The molecule has 25 heavy (non-hydrogen) atoms. The van der Waals surface area contributed by atoms with Crippen LogP contribution in [0.5, 0.6) is 5.75 Å². The maximum atomic E-state index is 12.2. The number of hydrogen-bond acceptors (Lipinski definition) is 5. The lowest BCUT2D eigenvalue weighted by atomic mass is 10.2. The SMILES string of the molecule is COc1ccc(NC(=O)[C@H](C)OC(=O)c2cc3c(s2)CCC3)cc1Cl. The van der Waals surface area contributed by atoms with Crippen molar-refractivity contribution in [3.05, 3.63) is 44.6 Å². The number of ether oxygens (including phenoxy) is 2. The number of halogens is 1. The van der Waals surface area contributed by atoms with E-state index < -0.39 is 18.0 Å². The third-order valence-corrected chi connectivity index (χ3v) is 5.53. The lowest BCUT2D eigenvalue weighted by molar-refractivity contribution is -0.123. The Labute approximate surface area is 154 Å².